The van der Waals surface area contributed by atoms with Gasteiger partial charge in [-0.1, -0.05) is 24.3 Å². The van der Waals surface area contributed by atoms with Gasteiger partial charge in [0, 0.05) is 12.6 Å². The Labute approximate surface area is 115 Å². The highest BCUT2D eigenvalue weighted by Crippen LogP contribution is 2.34. The lowest BCUT2D eigenvalue weighted by atomic mass is 10.1. The summed E-state index contributed by atoms with van der Waals surface area (Å²) < 4.78 is 6.74. The van der Waals surface area contributed by atoms with Crippen LogP contribution in [-0.2, 0) is 13.6 Å². The van der Waals surface area contributed by atoms with Gasteiger partial charge in [0.25, 0.3) is 5.65 Å². The van der Waals surface area contributed by atoms with Crippen LogP contribution in [0.15, 0.2) is 48.9 Å². The third-order valence-electron chi connectivity index (χ3n) is 4.27. The second kappa shape index (κ2) is 3.28. The maximum Gasteiger partial charge on any atom is 0.272 e. The SMILES string of the molecule is Cn1c2cccnc2[n+]2cn3c(c12)-c1ccccc1C3. The molecular weight excluding hydrogens is 248 g/mol. The van der Waals surface area contributed by atoms with Crippen LogP contribution in [0.2, 0.25) is 0 Å². The molecule has 1 aliphatic heterocycles. The van der Waals surface area contributed by atoms with Gasteiger partial charge in [-0.3, -0.25) is 9.13 Å². The summed E-state index contributed by atoms with van der Waals surface area (Å²) in [6, 6.07) is 12.7. The smallest absolute Gasteiger partial charge is 0.272 e. The molecule has 4 nitrogen and oxygen atoms in total. The predicted molar refractivity (Wildman–Crippen MR) is 76.4 cm³/mol. The number of imidazole rings is 2. The number of fused-ring (bicyclic) bond motifs is 7. The van der Waals surface area contributed by atoms with Crippen LogP contribution in [0.4, 0.5) is 0 Å². The van der Waals surface area contributed by atoms with Crippen LogP contribution in [0.3, 0.4) is 0 Å². The van der Waals surface area contributed by atoms with E-state index in [2.05, 4.69) is 62.2 Å². The summed E-state index contributed by atoms with van der Waals surface area (Å²) in [7, 11) is 2.11. The van der Waals surface area contributed by atoms with Crippen molar-refractivity contribution in [1.29, 1.82) is 0 Å². The van der Waals surface area contributed by atoms with Crippen LogP contribution in [-0.4, -0.2) is 14.1 Å². The zero-order valence-electron chi connectivity index (χ0n) is 11.1. The highest BCUT2D eigenvalue weighted by molar-refractivity contribution is 5.82. The van der Waals surface area contributed by atoms with Crippen LogP contribution in [0, 0.1) is 0 Å². The van der Waals surface area contributed by atoms with Crippen molar-refractivity contribution >= 4 is 16.8 Å². The minimum Gasteiger partial charge on any atom is -0.272 e. The van der Waals surface area contributed by atoms with E-state index in [-0.39, 0.29) is 0 Å². The molecule has 3 aromatic heterocycles. The fraction of sp³-hybridized carbons (Fsp3) is 0.125. The van der Waals surface area contributed by atoms with E-state index < -0.39 is 0 Å². The molecule has 4 heterocycles. The number of aryl methyl sites for hydroxylation is 1. The lowest BCUT2D eigenvalue weighted by Gasteiger charge is -1.95. The summed E-state index contributed by atoms with van der Waals surface area (Å²) >= 11 is 0. The monoisotopic (exact) mass is 261 g/mol. The van der Waals surface area contributed by atoms with E-state index in [4.69, 9.17) is 0 Å². The molecule has 0 aliphatic carbocycles. The van der Waals surface area contributed by atoms with Gasteiger partial charge in [-0.2, -0.15) is 4.40 Å². The molecule has 0 unspecified atom stereocenters. The molecule has 1 aliphatic rings. The Morgan fingerprint density at radius 3 is 3.00 bits per heavy atom. The van der Waals surface area contributed by atoms with E-state index in [0.717, 1.165) is 17.7 Å². The fourth-order valence-electron chi connectivity index (χ4n) is 3.39. The first-order valence-corrected chi connectivity index (χ1v) is 6.77. The van der Waals surface area contributed by atoms with Crippen molar-refractivity contribution in [2.75, 3.05) is 0 Å². The summed E-state index contributed by atoms with van der Waals surface area (Å²) in [6.07, 6.45) is 4.02. The Balaban J connectivity index is 2.01. The Kier molecular flexibility index (Phi) is 1.67. The maximum atomic E-state index is 4.53. The normalized spacial score (nSPS) is 13.1. The second-order valence-electron chi connectivity index (χ2n) is 5.35. The molecule has 0 radical (unpaired) electrons. The molecule has 0 fully saturated rings. The number of benzene rings is 1. The molecule has 4 aromatic rings. The van der Waals surface area contributed by atoms with Crippen molar-refractivity contribution in [1.82, 2.24) is 14.1 Å². The van der Waals surface area contributed by atoms with E-state index in [1.165, 1.54) is 22.5 Å². The van der Waals surface area contributed by atoms with Crippen LogP contribution in [0.5, 0.6) is 0 Å². The summed E-state index contributed by atoms with van der Waals surface area (Å²) in [6.45, 7) is 0.946. The van der Waals surface area contributed by atoms with Crippen molar-refractivity contribution in [2.45, 2.75) is 6.54 Å². The summed E-state index contributed by atoms with van der Waals surface area (Å²) in [5.74, 6) is 0. The van der Waals surface area contributed by atoms with Gasteiger partial charge in [0.2, 0.25) is 5.65 Å². The Morgan fingerprint density at radius 2 is 2.05 bits per heavy atom. The highest BCUT2D eigenvalue weighted by atomic mass is 15.2. The summed E-state index contributed by atoms with van der Waals surface area (Å²) in [5.41, 5.74) is 7.41. The summed E-state index contributed by atoms with van der Waals surface area (Å²) in [5, 5.41) is 0. The van der Waals surface area contributed by atoms with E-state index in [1.807, 2.05) is 12.3 Å². The van der Waals surface area contributed by atoms with Crippen molar-refractivity contribution < 1.29 is 4.40 Å². The van der Waals surface area contributed by atoms with Crippen LogP contribution >= 0.6 is 0 Å². The molecule has 0 amide bonds. The first kappa shape index (κ1) is 10.2. The van der Waals surface area contributed by atoms with Crippen molar-refractivity contribution in [3.63, 3.8) is 0 Å². The fourth-order valence-corrected chi connectivity index (χ4v) is 3.39. The maximum absolute atomic E-state index is 4.53. The molecule has 0 saturated carbocycles. The van der Waals surface area contributed by atoms with Gasteiger partial charge < -0.3 is 0 Å². The molecule has 4 heteroatoms. The van der Waals surface area contributed by atoms with Gasteiger partial charge >= 0.3 is 0 Å². The molecule has 1 aromatic carbocycles. The van der Waals surface area contributed by atoms with Gasteiger partial charge in [-0.25, -0.2) is 0 Å². The quantitative estimate of drug-likeness (QED) is 0.392. The van der Waals surface area contributed by atoms with E-state index in [0.29, 0.717) is 0 Å². The topological polar surface area (TPSA) is 26.9 Å². The molecule has 0 bridgehead atoms. The van der Waals surface area contributed by atoms with Gasteiger partial charge in [0.1, 0.15) is 0 Å². The molecule has 0 saturated heterocycles. The van der Waals surface area contributed by atoms with Crippen molar-refractivity contribution in [2.24, 2.45) is 7.05 Å². The predicted octanol–water partition coefficient (Wildman–Crippen LogP) is 2.14. The van der Waals surface area contributed by atoms with E-state index >= 15 is 0 Å². The van der Waals surface area contributed by atoms with Crippen molar-refractivity contribution in [3.8, 4) is 11.3 Å². The van der Waals surface area contributed by atoms with E-state index in [9.17, 15) is 0 Å². The third-order valence-corrected chi connectivity index (χ3v) is 4.27. The van der Waals surface area contributed by atoms with E-state index in [1.54, 1.807) is 0 Å². The summed E-state index contributed by atoms with van der Waals surface area (Å²) in [4.78, 5) is 4.53. The number of pyridine rings is 1. The van der Waals surface area contributed by atoms with Gasteiger partial charge in [-0.15, -0.1) is 4.98 Å². The van der Waals surface area contributed by atoms with Gasteiger partial charge in [0.05, 0.1) is 12.7 Å². The average Bonchev–Trinajstić information content (AvgIpc) is 3.08. The number of hydrogen-bond acceptors (Lipinski definition) is 1. The Bertz CT molecular complexity index is 990. The standard InChI is InChI=1S/C16H13N4/c1-18-13-7-4-8-17-15(13)20-10-19-9-11-5-2-3-6-12(11)14(19)16(18)20/h2-8,10H,9H2,1H3/q+1. The Morgan fingerprint density at radius 1 is 1.15 bits per heavy atom. The molecule has 0 spiro atoms. The lowest BCUT2D eigenvalue weighted by molar-refractivity contribution is -0.484. The molecule has 96 valence electrons. The minimum absolute atomic E-state index is 0.946. The lowest BCUT2D eigenvalue weighted by Crippen LogP contribution is -2.18. The van der Waals surface area contributed by atoms with Gasteiger partial charge in [-0.05, 0) is 17.7 Å². The zero-order valence-corrected chi connectivity index (χ0v) is 11.1. The third kappa shape index (κ3) is 1.04. The second-order valence-corrected chi connectivity index (χ2v) is 5.35. The first-order valence-electron chi connectivity index (χ1n) is 6.77. The molecular formula is C16H13N4+. The van der Waals surface area contributed by atoms with Crippen LogP contribution < -0.4 is 4.40 Å². The van der Waals surface area contributed by atoms with Crippen LogP contribution in [0.1, 0.15) is 5.56 Å². The molecule has 20 heavy (non-hydrogen) atoms. The average molecular weight is 261 g/mol. The van der Waals surface area contributed by atoms with Crippen LogP contribution in [0.25, 0.3) is 28.1 Å². The molecule has 0 N–H and O–H groups in total. The number of nitrogens with zero attached hydrogens (tertiary/aromatic N) is 4. The largest absolute Gasteiger partial charge is 0.272 e. The Hall–Kier alpha value is -2.62. The number of rotatable bonds is 0. The number of aromatic nitrogens is 4. The highest BCUT2D eigenvalue weighted by Gasteiger charge is 2.30. The first-order chi connectivity index (χ1) is 9.84. The number of hydrogen-bond donors (Lipinski definition) is 0. The molecule has 0 atom stereocenters. The zero-order chi connectivity index (χ0) is 13.3. The van der Waals surface area contributed by atoms with Gasteiger partial charge in [0.15, 0.2) is 17.5 Å². The molecule has 5 rings (SSSR count). The van der Waals surface area contributed by atoms with Crippen molar-refractivity contribution in [3.05, 3.63) is 54.5 Å². The minimum atomic E-state index is 0.946.